The summed E-state index contributed by atoms with van der Waals surface area (Å²) in [4.78, 5) is 28.6. The predicted molar refractivity (Wildman–Crippen MR) is 162 cm³/mol. The first-order valence-electron chi connectivity index (χ1n) is 14.2. The highest BCUT2D eigenvalue weighted by atomic mass is 16.4. The third-order valence-electron chi connectivity index (χ3n) is 7.60. The fraction of sp³-hybridized carbons (Fsp3) is 0.364. The molecule has 4 rings (SSSR count). The van der Waals surface area contributed by atoms with Crippen LogP contribution < -0.4 is 14.8 Å². The monoisotopic (exact) mass is 542 g/mol. The lowest BCUT2D eigenvalue weighted by atomic mass is 9.90. The smallest absolute Gasteiger partial charge is 0.303 e. The summed E-state index contributed by atoms with van der Waals surface area (Å²) in [5, 5.41) is 11.1. The molecule has 1 N–H and O–H groups in total. The Hall–Kier alpha value is -4.13. The van der Waals surface area contributed by atoms with Crippen LogP contribution in [0.15, 0.2) is 65.1 Å². The Morgan fingerprint density at radius 2 is 1.62 bits per heavy atom. The number of carbonyl (C=O) groups is 2. The van der Waals surface area contributed by atoms with Crippen LogP contribution in [0.3, 0.4) is 0 Å². The Balaban J connectivity index is 1.97. The zero-order valence-corrected chi connectivity index (χ0v) is 24.2. The molecule has 7 nitrogen and oxygen atoms in total. The van der Waals surface area contributed by atoms with Gasteiger partial charge in [-0.05, 0) is 63.9 Å². The SMILES string of the molecule is CCN(CC)c1ccc2c(-c3ccccc3C(=O)N(C)CCCC(=O)O)c3ccc(=[N+](CC)CC)cc-3oc2c1. The van der Waals surface area contributed by atoms with Gasteiger partial charge < -0.3 is 19.3 Å². The largest absolute Gasteiger partial charge is 0.481 e. The summed E-state index contributed by atoms with van der Waals surface area (Å²) >= 11 is 0. The highest BCUT2D eigenvalue weighted by molar-refractivity contribution is 6.09. The lowest BCUT2D eigenvalue weighted by Gasteiger charge is -2.23. The molecule has 0 fully saturated rings. The molecule has 0 spiro atoms. The Morgan fingerprint density at radius 1 is 0.900 bits per heavy atom. The molecule has 40 heavy (non-hydrogen) atoms. The minimum absolute atomic E-state index is 0.0263. The quantitative estimate of drug-likeness (QED) is 0.192. The summed E-state index contributed by atoms with van der Waals surface area (Å²) in [7, 11) is 1.73. The van der Waals surface area contributed by atoms with Gasteiger partial charge in [0.2, 0.25) is 5.36 Å². The van der Waals surface area contributed by atoms with Crippen molar-refractivity contribution in [1.82, 2.24) is 9.48 Å². The molecular weight excluding hydrogens is 502 g/mol. The second-order valence-corrected chi connectivity index (χ2v) is 9.95. The van der Waals surface area contributed by atoms with Crippen molar-refractivity contribution >= 4 is 28.5 Å². The number of anilines is 1. The van der Waals surface area contributed by atoms with E-state index in [9.17, 15) is 9.59 Å². The molecule has 2 aromatic rings. The van der Waals surface area contributed by atoms with Gasteiger partial charge in [0.1, 0.15) is 24.4 Å². The molecule has 0 saturated carbocycles. The maximum Gasteiger partial charge on any atom is 0.303 e. The van der Waals surface area contributed by atoms with E-state index in [1.165, 1.54) is 0 Å². The van der Waals surface area contributed by atoms with Gasteiger partial charge in [-0.2, -0.15) is 0 Å². The van der Waals surface area contributed by atoms with Gasteiger partial charge in [-0.3, -0.25) is 9.59 Å². The number of carboxylic acid groups (broad SMARTS) is 1. The standard InChI is InChI=1S/C33H39N3O4/c1-6-35(7-2)23-16-18-27-29(21-23)40-30-22-24(36(8-3)9-4)17-19-28(30)32(27)25-13-10-11-14-26(25)33(39)34(5)20-12-15-31(37)38/h10-11,13-14,16-19,21-22H,6-9,12,15,20H2,1-5H3/p+1. The predicted octanol–water partition coefficient (Wildman–Crippen LogP) is 5.80. The number of hydrogen-bond donors (Lipinski definition) is 1. The van der Waals surface area contributed by atoms with Crippen molar-refractivity contribution < 1.29 is 19.1 Å². The van der Waals surface area contributed by atoms with E-state index in [4.69, 9.17) is 9.52 Å². The minimum Gasteiger partial charge on any atom is -0.481 e. The van der Waals surface area contributed by atoms with Crippen molar-refractivity contribution in [3.05, 3.63) is 71.6 Å². The lowest BCUT2D eigenvalue weighted by Crippen LogP contribution is -2.29. The molecule has 1 amide bonds. The fourth-order valence-corrected chi connectivity index (χ4v) is 5.39. The number of benzene rings is 3. The van der Waals surface area contributed by atoms with Gasteiger partial charge >= 0.3 is 5.97 Å². The normalized spacial score (nSPS) is 11.1. The molecule has 0 unspecified atom stereocenters. The number of fused-ring (bicyclic) bond motifs is 2. The Bertz CT molecular complexity index is 1550. The molecule has 1 heterocycles. The van der Waals surface area contributed by atoms with Crippen molar-refractivity contribution in [3.8, 4) is 22.5 Å². The number of carbonyl (C=O) groups excluding carboxylic acids is 1. The summed E-state index contributed by atoms with van der Waals surface area (Å²) in [6, 6.07) is 20.3. The Labute approximate surface area is 236 Å². The molecule has 0 radical (unpaired) electrons. The highest BCUT2D eigenvalue weighted by Gasteiger charge is 2.24. The molecule has 210 valence electrons. The summed E-state index contributed by atoms with van der Waals surface area (Å²) in [6.07, 6.45) is 0.427. The number of carboxylic acids is 1. The van der Waals surface area contributed by atoms with Crippen molar-refractivity contribution in [2.45, 2.75) is 40.5 Å². The molecule has 2 aromatic carbocycles. The maximum atomic E-state index is 13.7. The van der Waals surface area contributed by atoms with Crippen molar-refractivity contribution in [2.24, 2.45) is 0 Å². The molecular formula is C33H40N3O4+. The van der Waals surface area contributed by atoms with E-state index in [1.807, 2.05) is 24.3 Å². The number of aliphatic carboxylic acids is 1. The number of amides is 1. The van der Waals surface area contributed by atoms with E-state index in [0.29, 0.717) is 18.5 Å². The van der Waals surface area contributed by atoms with E-state index in [1.54, 1.807) is 11.9 Å². The van der Waals surface area contributed by atoms with Crippen LogP contribution in [0.1, 0.15) is 50.9 Å². The first-order chi connectivity index (χ1) is 19.3. The van der Waals surface area contributed by atoms with Gasteiger partial charge in [0, 0.05) is 73.0 Å². The molecule has 0 saturated heterocycles. The van der Waals surface area contributed by atoms with E-state index >= 15 is 0 Å². The Kier molecular flexibility index (Phi) is 9.25. The van der Waals surface area contributed by atoms with E-state index in [2.05, 4.69) is 73.6 Å². The second-order valence-electron chi connectivity index (χ2n) is 9.95. The van der Waals surface area contributed by atoms with Crippen molar-refractivity contribution in [1.29, 1.82) is 0 Å². The number of hydrogen-bond acceptors (Lipinski definition) is 4. The third kappa shape index (κ3) is 5.88. The minimum atomic E-state index is -0.861. The van der Waals surface area contributed by atoms with Crippen molar-refractivity contribution in [2.75, 3.05) is 44.7 Å². The second kappa shape index (κ2) is 12.8. The number of nitrogens with zero attached hydrogens (tertiary/aromatic N) is 3. The average Bonchev–Trinajstić information content (AvgIpc) is 2.96. The van der Waals surface area contributed by atoms with E-state index < -0.39 is 5.97 Å². The van der Waals surface area contributed by atoms with Crippen molar-refractivity contribution in [3.63, 3.8) is 0 Å². The van der Waals surface area contributed by atoms with Crippen LogP contribution in [0, 0.1) is 0 Å². The topological polar surface area (TPSA) is 77.0 Å². The number of rotatable bonds is 11. The molecule has 0 atom stereocenters. The van der Waals surface area contributed by atoms with Gasteiger partial charge in [0.15, 0.2) is 0 Å². The molecule has 2 aliphatic rings. The average molecular weight is 543 g/mol. The van der Waals surface area contributed by atoms with E-state index in [0.717, 1.165) is 70.6 Å². The molecule has 0 bridgehead atoms. The lowest BCUT2D eigenvalue weighted by molar-refractivity contribution is -0.137. The zero-order chi connectivity index (χ0) is 28.8. The highest BCUT2D eigenvalue weighted by Crippen LogP contribution is 2.42. The summed E-state index contributed by atoms with van der Waals surface area (Å²) in [5.41, 5.74) is 5.16. The van der Waals surface area contributed by atoms with Gasteiger partial charge in [0.05, 0.1) is 6.07 Å². The molecule has 1 aliphatic carbocycles. The van der Waals surface area contributed by atoms with Crippen LogP contribution in [-0.4, -0.2) is 61.7 Å². The van der Waals surface area contributed by atoms with Gasteiger partial charge in [-0.15, -0.1) is 0 Å². The van der Waals surface area contributed by atoms with Crippen LogP contribution in [0.4, 0.5) is 5.69 Å². The van der Waals surface area contributed by atoms with Gasteiger partial charge in [0.25, 0.3) is 5.91 Å². The first kappa shape index (κ1) is 28.9. The van der Waals surface area contributed by atoms with E-state index in [-0.39, 0.29) is 12.3 Å². The fourth-order valence-electron chi connectivity index (χ4n) is 5.39. The van der Waals surface area contributed by atoms with Crippen LogP contribution in [0.2, 0.25) is 0 Å². The van der Waals surface area contributed by atoms with Gasteiger partial charge in [-0.1, -0.05) is 18.2 Å². The first-order valence-corrected chi connectivity index (χ1v) is 14.2. The summed E-state index contributed by atoms with van der Waals surface area (Å²) in [5.74, 6) is -0.233. The van der Waals surface area contributed by atoms with Crippen LogP contribution >= 0.6 is 0 Å². The zero-order valence-electron chi connectivity index (χ0n) is 24.2. The van der Waals surface area contributed by atoms with Crippen LogP contribution in [0.25, 0.3) is 33.4 Å². The third-order valence-corrected chi connectivity index (χ3v) is 7.60. The van der Waals surface area contributed by atoms with Gasteiger partial charge in [-0.25, -0.2) is 4.58 Å². The van der Waals surface area contributed by atoms with Crippen LogP contribution in [0.5, 0.6) is 0 Å². The Morgan fingerprint density at radius 3 is 2.30 bits per heavy atom. The molecule has 1 aliphatic heterocycles. The molecule has 0 aromatic heterocycles. The molecule has 7 heteroatoms. The summed E-state index contributed by atoms with van der Waals surface area (Å²) < 4.78 is 8.87. The van der Waals surface area contributed by atoms with Crippen LogP contribution in [-0.2, 0) is 4.79 Å². The maximum absolute atomic E-state index is 13.7. The summed E-state index contributed by atoms with van der Waals surface area (Å²) in [6.45, 7) is 12.5.